The maximum Gasteiger partial charge on any atom is 0.184 e. The van der Waals surface area contributed by atoms with Crippen LogP contribution in [0.3, 0.4) is 0 Å². The fourth-order valence-corrected chi connectivity index (χ4v) is 2.17. The largest absolute Gasteiger partial charge is 0.321 e. The van der Waals surface area contributed by atoms with Crippen LogP contribution in [0.2, 0.25) is 0 Å². The molecule has 1 aromatic heterocycles. The molecule has 1 heterocycles. The van der Waals surface area contributed by atoms with Crippen LogP contribution in [0.4, 0.5) is 4.39 Å². The Morgan fingerprint density at radius 1 is 1.05 bits per heavy atom. The molecule has 2 aromatic carbocycles. The van der Waals surface area contributed by atoms with Crippen LogP contribution in [0, 0.1) is 5.82 Å². The highest BCUT2D eigenvalue weighted by Gasteiger charge is 2.15. The minimum absolute atomic E-state index is 0.305. The van der Waals surface area contributed by atoms with Gasteiger partial charge in [0.25, 0.3) is 0 Å². The molecule has 4 nitrogen and oxygen atoms in total. The first kappa shape index (κ1) is 13.5. The summed E-state index contributed by atoms with van der Waals surface area (Å²) in [4.78, 5) is 4.31. The van der Waals surface area contributed by atoms with Gasteiger partial charge in [-0.05, 0) is 24.1 Å². The van der Waals surface area contributed by atoms with Crippen molar-refractivity contribution in [2.45, 2.75) is 12.5 Å². The van der Waals surface area contributed by atoms with Crippen LogP contribution < -0.4 is 5.73 Å². The summed E-state index contributed by atoms with van der Waals surface area (Å²) in [7, 11) is 0. The molecule has 0 amide bonds. The predicted octanol–water partition coefficient (Wildman–Crippen LogP) is 2.85. The zero-order chi connectivity index (χ0) is 14.7. The molecule has 0 aliphatic carbocycles. The van der Waals surface area contributed by atoms with Gasteiger partial charge in [0.15, 0.2) is 5.82 Å². The van der Waals surface area contributed by atoms with E-state index >= 15 is 0 Å². The van der Waals surface area contributed by atoms with E-state index in [4.69, 9.17) is 5.73 Å². The number of benzene rings is 2. The Balaban J connectivity index is 1.80. The summed E-state index contributed by atoms with van der Waals surface area (Å²) in [5.74, 6) is 0.531. The normalized spacial score (nSPS) is 12.3. The number of rotatable bonds is 4. The molecule has 3 N–H and O–H groups in total. The van der Waals surface area contributed by atoms with Gasteiger partial charge >= 0.3 is 0 Å². The number of nitrogens with one attached hydrogen (secondary N) is 1. The van der Waals surface area contributed by atoms with Crippen LogP contribution in [-0.4, -0.2) is 15.2 Å². The third-order valence-corrected chi connectivity index (χ3v) is 3.27. The molecule has 5 heteroatoms. The third-order valence-electron chi connectivity index (χ3n) is 3.27. The lowest BCUT2D eigenvalue weighted by Gasteiger charge is -2.07. The van der Waals surface area contributed by atoms with E-state index in [1.165, 1.54) is 6.07 Å². The Morgan fingerprint density at radius 3 is 2.52 bits per heavy atom. The van der Waals surface area contributed by atoms with Crippen molar-refractivity contribution in [3.63, 3.8) is 0 Å². The molecule has 0 unspecified atom stereocenters. The number of hydrogen-bond donors (Lipinski definition) is 2. The summed E-state index contributed by atoms with van der Waals surface area (Å²) in [6.45, 7) is 0. The molecule has 0 bridgehead atoms. The topological polar surface area (TPSA) is 67.6 Å². The van der Waals surface area contributed by atoms with Gasteiger partial charge < -0.3 is 5.73 Å². The van der Waals surface area contributed by atoms with Crippen LogP contribution in [0.15, 0.2) is 54.6 Å². The van der Waals surface area contributed by atoms with Crippen molar-refractivity contribution in [2.24, 2.45) is 5.73 Å². The second kappa shape index (κ2) is 5.85. The highest BCUT2D eigenvalue weighted by Crippen LogP contribution is 2.20. The number of nitrogens with two attached hydrogens (primary N) is 1. The molecule has 0 saturated heterocycles. The van der Waals surface area contributed by atoms with E-state index < -0.39 is 0 Å². The molecule has 3 aromatic rings. The number of aromatic amines is 1. The molecule has 0 radical (unpaired) electrons. The second-order valence-electron chi connectivity index (χ2n) is 4.82. The van der Waals surface area contributed by atoms with Crippen molar-refractivity contribution < 1.29 is 4.39 Å². The summed E-state index contributed by atoms with van der Waals surface area (Å²) in [6.07, 6.45) is 0.646. The first-order valence-electron chi connectivity index (χ1n) is 6.71. The van der Waals surface area contributed by atoms with Crippen molar-refractivity contribution in [1.82, 2.24) is 15.2 Å². The van der Waals surface area contributed by atoms with Gasteiger partial charge in [0, 0.05) is 0 Å². The first-order valence-corrected chi connectivity index (χ1v) is 6.71. The van der Waals surface area contributed by atoms with Crippen molar-refractivity contribution in [3.05, 3.63) is 71.8 Å². The number of halogens is 1. The number of hydrogen-bond acceptors (Lipinski definition) is 3. The van der Waals surface area contributed by atoms with Gasteiger partial charge in [0.1, 0.15) is 11.6 Å². The minimum Gasteiger partial charge on any atom is -0.321 e. The maximum absolute atomic E-state index is 13.7. The van der Waals surface area contributed by atoms with Gasteiger partial charge in [-0.2, -0.15) is 5.10 Å². The number of nitrogens with zero attached hydrogens (tertiary/aromatic N) is 2. The molecule has 0 aliphatic rings. The fraction of sp³-hybridized carbons (Fsp3) is 0.125. The zero-order valence-corrected chi connectivity index (χ0v) is 11.3. The molecular formula is C16H15FN4. The lowest BCUT2D eigenvalue weighted by Crippen LogP contribution is -2.15. The minimum atomic E-state index is -0.348. The van der Waals surface area contributed by atoms with Gasteiger partial charge in [-0.15, -0.1) is 0 Å². The van der Waals surface area contributed by atoms with Crippen LogP contribution in [0.5, 0.6) is 0 Å². The molecule has 1 atom stereocenters. The molecule has 0 saturated carbocycles. The number of aromatic nitrogens is 3. The maximum atomic E-state index is 13.7. The van der Waals surface area contributed by atoms with E-state index in [2.05, 4.69) is 15.2 Å². The Labute approximate surface area is 121 Å². The lowest BCUT2D eigenvalue weighted by atomic mass is 10.1. The number of H-pyrrole nitrogens is 1. The van der Waals surface area contributed by atoms with E-state index in [9.17, 15) is 4.39 Å². The molecule has 3 rings (SSSR count). The molecule has 0 fully saturated rings. The summed E-state index contributed by atoms with van der Waals surface area (Å²) < 4.78 is 13.7. The lowest BCUT2D eigenvalue weighted by molar-refractivity contribution is 0.630. The summed E-state index contributed by atoms with van der Waals surface area (Å²) in [5.41, 5.74) is 7.62. The monoisotopic (exact) mass is 282 g/mol. The van der Waals surface area contributed by atoms with E-state index in [1.807, 2.05) is 30.3 Å². The smallest absolute Gasteiger partial charge is 0.184 e. The second-order valence-corrected chi connectivity index (χ2v) is 4.82. The Kier molecular flexibility index (Phi) is 3.75. The Hall–Kier alpha value is -2.53. The van der Waals surface area contributed by atoms with Crippen molar-refractivity contribution in [3.8, 4) is 11.4 Å². The summed E-state index contributed by atoms with van der Waals surface area (Å²) in [5, 5.41) is 6.85. The molecule has 21 heavy (non-hydrogen) atoms. The third kappa shape index (κ3) is 2.98. The van der Waals surface area contributed by atoms with Gasteiger partial charge in [0.05, 0.1) is 11.6 Å². The molecule has 0 aliphatic heterocycles. The zero-order valence-electron chi connectivity index (χ0n) is 11.3. The van der Waals surface area contributed by atoms with Crippen LogP contribution in [-0.2, 0) is 6.42 Å². The van der Waals surface area contributed by atoms with E-state index in [1.54, 1.807) is 18.2 Å². The molecule has 0 spiro atoms. The van der Waals surface area contributed by atoms with Crippen LogP contribution in [0.1, 0.15) is 17.4 Å². The predicted molar refractivity (Wildman–Crippen MR) is 78.9 cm³/mol. The Morgan fingerprint density at radius 2 is 1.76 bits per heavy atom. The molecule has 106 valence electrons. The van der Waals surface area contributed by atoms with Gasteiger partial charge in [0.2, 0.25) is 0 Å². The SMILES string of the molecule is N[C@@H](Cc1ccccc1)c1nc(-c2ccccc2F)n[nH]1. The Bertz CT molecular complexity index is 724. The standard InChI is InChI=1S/C16H15FN4/c17-13-9-5-4-8-12(13)15-19-16(21-20-15)14(18)10-11-6-2-1-3-7-11/h1-9,14H,10,18H2,(H,19,20,21)/t14-/m0/s1. The van der Waals surface area contributed by atoms with Gasteiger partial charge in [-0.1, -0.05) is 42.5 Å². The molecular weight excluding hydrogens is 267 g/mol. The fourth-order valence-electron chi connectivity index (χ4n) is 2.17. The van der Waals surface area contributed by atoms with Crippen LogP contribution >= 0.6 is 0 Å². The highest BCUT2D eigenvalue weighted by atomic mass is 19.1. The highest BCUT2D eigenvalue weighted by molar-refractivity contribution is 5.55. The van der Waals surface area contributed by atoms with Crippen molar-refractivity contribution in [2.75, 3.05) is 0 Å². The van der Waals surface area contributed by atoms with E-state index in [-0.39, 0.29) is 11.9 Å². The van der Waals surface area contributed by atoms with E-state index in [0.29, 0.717) is 23.6 Å². The average molecular weight is 282 g/mol. The summed E-state index contributed by atoms with van der Waals surface area (Å²) in [6, 6.07) is 16.0. The van der Waals surface area contributed by atoms with Crippen molar-refractivity contribution in [1.29, 1.82) is 0 Å². The van der Waals surface area contributed by atoms with Gasteiger partial charge in [-0.3, -0.25) is 5.10 Å². The van der Waals surface area contributed by atoms with E-state index in [0.717, 1.165) is 5.56 Å². The quantitative estimate of drug-likeness (QED) is 0.773. The summed E-state index contributed by atoms with van der Waals surface area (Å²) >= 11 is 0. The van der Waals surface area contributed by atoms with Crippen molar-refractivity contribution >= 4 is 0 Å². The van der Waals surface area contributed by atoms with Gasteiger partial charge in [-0.25, -0.2) is 9.37 Å². The first-order chi connectivity index (χ1) is 10.2. The van der Waals surface area contributed by atoms with Crippen LogP contribution in [0.25, 0.3) is 11.4 Å². The average Bonchev–Trinajstić information content (AvgIpc) is 2.98.